The zero-order chi connectivity index (χ0) is 20.0. The number of benzene rings is 2. The first-order valence-electron chi connectivity index (χ1n) is 8.12. The van der Waals surface area contributed by atoms with Crippen molar-refractivity contribution in [1.82, 2.24) is 9.97 Å². The van der Waals surface area contributed by atoms with E-state index in [9.17, 15) is 9.59 Å². The molecule has 0 saturated carbocycles. The Balaban J connectivity index is 1.93. The normalized spacial score (nSPS) is 11.1. The van der Waals surface area contributed by atoms with Gasteiger partial charge in [0, 0.05) is 21.3 Å². The van der Waals surface area contributed by atoms with Gasteiger partial charge < -0.3 is 10.7 Å². The molecule has 0 unspecified atom stereocenters. The molecule has 0 aliphatic heterocycles. The molecule has 2 amide bonds. The van der Waals surface area contributed by atoms with Gasteiger partial charge in [-0.15, -0.1) is 0 Å². The number of amides is 2. The summed E-state index contributed by atoms with van der Waals surface area (Å²) in [5, 5.41) is 2.92. The van der Waals surface area contributed by atoms with Crippen molar-refractivity contribution >= 4 is 62.5 Å². The summed E-state index contributed by atoms with van der Waals surface area (Å²) in [5.41, 5.74) is 6.78. The molecule has 0 spiro atoms. The summed E-state index contributed by atoms with van der Waals surface area (Å²) < 4.78 is 0. The fourth-order valence-electron chi connectivity index (χ4n) is 3.03. The number of nitrogens with zero attached hydrogens (tertiary/aromatic N) is 2. The number of fused-ring (bicyclic) bond motifs is 3. The van der Waals surface area contributed by atoms with Crippen LogP contribution < -0.4 is 16.6 Å². The van der Waals surface area contributed by atoms with Crippen LogP contribution in [0.5, 0.6) is 0 Å². The lowest BCUT2D eigenvalue weighted by molar-refractivity contribution is 0.0983. The van der Waals surface area contributed by atoms with Crippen LogP contribution in [0.15, 0.2) is 48.5 Å². The van der Waals surface area contributed by atoms with Crippen LogP contribution in [0.2, 0.25) is 10.0 Å². The number of hydrogen-bond donors (Lipinski definition) is 3. The highest BCUT2D eigenvalue weighted by atomic mass is 35.5. The Bertz CT molecular complexity index is 1270. The number of rotatable bonds is 3. The van der Waals surface area contributed by atoms with E-state index in [1.54, 1.807) is 12.1 Å². The van der Waals surface area contributed by atoms with Gasteiger partial charge in [0.15, 0.2) is 5.69 Å². The molecular weight excluding hydrogens is 401 g/mol. The summed E-state index contributed by atoms with van der Waals surface area (Å²) in [6.07, 6.45) is 0. The molecule has 0 atom stereocenters. The minimum Gasteiger partial charge on any atom is -0.364 e. The zero-order valence-corrected chi connectivity index (χ0v) is 15.8. The summed E-state index contributed by atoms with van der Waals surface area (Å²) >= 11 is 12.1. The van der Waals surface area contributed by atoms with E-state index in [1.807, 2.05) is 24.3 Å². The maximum Gasteiger partial charge on any atom is 0.293 e. The lowest BCUT2D eigenvalue weighted by Crippen LogP contribution is -2.38. The smallest absolute Gasteiger partial charge is 0.293 e. The van der Waals surface area contributed by atoms with Gasteiger partial charge in [-0.05, 0) is 30.3 Å². The number of carbonyl (C=O) groups excluding carboxylic acids is 2. The van der Waals surface area contributed by atoms with E-state index in [1.165, 1.54) is 12.1 Å². The Hall–Kier alpha value is -3.13. The number of anilines is 1. The maximum atomic E-state index is 13.1. The number of aromatic nitrogens is 2. The van der Waals surface area contributed by atoms with Gasteiger partial charge in [-0.2, -0.15) is 0 Å². The Morgan fingerprint density at radius 1 is 1.04 bits per heavy atom. The summed E-state index contributed by atoms with van der Waals surface area (Å²) in [5.74, 6) is 4.60. The molecule has 0 fully saturated rings. The molecule has 0 aliphatic rings. The predicted molar refractivity (Wildman–Crippen MR) is 110 cm³/mol. The molecule has 5 N–H and O–H groups in total. The molecule has 4 aromatic rings. The minimum absolute atomic E-state index is 0.0452. The van der Waals surface area contributed by atoms with E-state index >= 15 is 0 Å². The molecule has 28 heavy (non-hydrogen) atoms. The summed E-state index contributed by atoms with van der Waals surface area (Å²) in [6.45, 7) is 0. The molecule has 2 aromatic heterocycles. The van der Waals surface area contributed by atoms with Gasteiger partial charge in [-0.1, -0.05) is 41.4 Å². The van der Waals surface area contributed by atoms with Gasteiger partial charge in [0.05, 0.1) is 16.2 Å². The van der Waals surface area contributed by atoms with E-state index in [0.29, 0.717) is 15.9 Å². The van der Waals surface area contributed by atoms with Crippen molar-refractivity contribution in [1.29, 1.82) is 0 Å². The first kappa shape index (κ1) is 18.2. The molecule has 0 bridgehead atoms. The average Bonchev–Trinajstić information content (AvgIpc) is 3.05. The highest BCUT2D eigenvalue weighted by Crippen LogP contribution is 2.31. The number of nitrogens with two attached hydrogens (primary N) is 2. The van der Waals surface area contributed by atoms with Gasteiger partial charge in [0.2, 0.25) is 0 Å². The third kappa shape index (κ3) is 2.95. The molecule has 0 radical (unpaired) electrons. The second-order valence-electron chi connectivity index (χ2n) is 6.08. The number of aromatic amines is 1. The second kappa shape index (κ2) is 6.79. The number of hydrogen-bond acceptors (Lipinski definition) is 4. The standard InChI is InChI=1S/C19H13Cl2N5O2/c20-9-5-6-15(12(21)7-9)26(23)19(28)17-16-11(8-14(25-17)18(22)27)10-3-1-2-4-13(10)24-16/h1-8,24H,23H2,(H2,22,27). The van der Waals surface area contributed by atoms with Crippen molar-refractivity contribution in [2.75, 3.05) is 5.01 Å². The van der Waals surface area contributed by atoms with Gasteiger partial charge >= 0.3 is 0 Å². The SMILES string of the molecule is NC(=O)c1cc2c([nH]c3ccccc32)c(C(=O)N(N)c2ccc(Cl)cc2Cl)n1. The fourth-order valence-corrected chi connectivity index (χ4v) is 3.53. The third-order valence-corrected chi connectivity index (χ3v) is 4.88. The molecule has 140 valence electrons. The van der Waals surface area contributed by atoms with Crippen LogP contribution in [0.3, 0.4) is 0 Å². The number of primary amides is 1. The van der Waals surface area contributed by atoms with Crippen LogP contribution in [0.1, 0.15) is 21.0 Å². The molecule has 4 rings (SSSR count). The molecule has 2 heterocycles. The molecule has 2 aromatic carbocycles. The lowest BCUT2D eigenvalue weighted by Gasteiger charge is -2.18. The highest BCUT2D eigenvalue weighted by Gasteiger charge is 2.24. The van der Waals surface area contributed by atoms with Crippen LogP contribution in [0, 0.1) is 0 Å². The molecule has 0 aliphatic carbocycles. The van der Waals surface area contributed by atoms with Gasteiger partial charge in [0.25, 0.3) is 11.8 Å². The Labute approximate surface area is 168 Å². The van der Waals surface area contributed by atoms with E-state index in [2.05, 4.69) is 9.97 Å². The van der Waals surface area contributed by atoms with Crippen LogP contribution in [-0.4, -0.2) is 21.8 Å². The van der Waals surface area contributed by atoms with Gasteiger partial charge in [-0.3, -0.25) is 9.59 Å². The predicted octanol–water partition coefficient (Wildman–Crippen LogP) is 3.64. The molecule has 0 saturated heterocycles. The van der Waals surface area contributed by atoms with Crippen LogP contribution in [-0.2, 0) is 0 Å². The van der Waals surface area contributed by atoms with Crippen LogP contribution in [0.4, 0.5) is 5.69 Å². The number of pyridine rings is 1. The summed E-state index contributed by atoms with van der Waals surface area (Å²) in [4.78, 5) is 32.2. The Morgan fingerprint density at radius 2 is 1.79 bits per heavy atom. The monoisotopic (exact) mass is 413 g/mol. The minimum atomic E-state index is -0.755. The molecule has 7 nitrogen and oxygen atoms in total. The number of carbonyl (C=O) groups is 2. The van der Waals surface area contributed by atoms with Gasteiger partial charge in [-0.25, -0.2) is 15.8 Å². The lowest BCUT2D eigenvalue weighted by atomic mass is 10.1. The van der Waals surface area contributed by atoms with Crippen molar-refractivity contribution < 1.29 is 9.59 Å². The number of halogens is 2. The first-order chi connectivity index (χ1) is 13.4. The van der Waals surface area contributed by atoms with E-state index in [-0.39, 0.29) is 22.1 Å². The zero-order valence-electron chi connectivity index (χ0n) is 14.2. The number of hydrazine groups is 1. The number of H-pyrrole nitrogens is 1. The molecular formula is C19H13Cl2N5O2. The van der Waals surface area contributed by atoms with Crippen LogP contribution >= 0.6 is 23.2 Å². The number of para-hydroxylation sites is 1. The maximum absolute atomic E-state index is 13.1. The number of nitrogens with one attached hydrogen (secondary N) is 1. The first-order valence-corrected chi connectivity index (χ1v) is 8.88. The topological polar surface area (TPSA) is 118 Å². The van der Waals surface area contributed by atoms with Crippen molar-refractivity contribution in [2.45, 2.75) is 0 Å². The Kier molecular flexibility index (Phi) is 4.43. The summed E-state index contributed by atoms with van der Waals surface area (Å²) in [6, 6.07) is 13.5. The highest BCUT2D eigenvalue weighted by molar-refractivity contribution is 6.37. The van der Waals surface area contributed by atoms with E-state index < -0.39 is 11.8 Å². The summed E-state index contributed by atoms with van der Waals surface area (Å²) in [7, 11) is 0. The second-order valence-corrected chi connectivity index (χ2v) is 6.93. The fraction of sp³-hybridized carbons (Fsp3) is 0. The van der Waals surface area contributed by atoms with E-state index in [4.69, 9.17) is 34.8 Å². The largest absolute Gasteiger partial charge is 0.364 e. The van der Waals surface area contributed by atoms with Crippen molar-refractivity contribution in [2.24, 2.45) is 11.6 Å². The Morgan fingerprint density at radius 3 is 2.50 bits per heavy atom. The van der Waals surface area contributed by atoms with Crippen molar-refractivity contribution in [3.05, 3.63) is 70.0 Å². The van der Waals surface area contributed by atoms with Crippen molar-refractivity contribution in [3.63, 3.8) is 0 Å². The van der Waals surface area contributed by atoms with Gasteiger partial charge in [0.1, 0.15) is 5.69 Å². The third-order valence-electron chi connectivity index (χ3n) is 4.34. The molecule has 9 heteroatoms. The van der Waals surface area contributed by atoms with Crippen molar-refractivity contribution in [3.8, 4) is 0 Å². The van der Waals surface area contributed by atoms with Crippen LogP contribution in [0.25, 0.3) is 21.8 Å². The quantitative estimate of drug-likeness (QED) is 0.269. The van der Waals surface area contributed by atoms with E-state index in [0.717, 1.165) is 15.9 Å². The average molecular weight is 414 g/mol.